The molecule has 0 saturated carbocycles. The van der Waals surface area contributed by atoms with E-state index in [1.54, 1.807) is 29.5 Å². The molecule has 0 aliphatic heterocycles. The van der Waals surface area contributed by atoms with Gasteiger partial charge in [-0.15, -0.1) is 11.3 Å². The molecule has 2 rings (SSSR count). The van der Waals surface area contributed by atoms with E-state index in [0.29, 0.717) is 23.1 Å². The highest BCUT2D eigenvalue weighted by Crippen LogP contribution is 2.28. The number of ether oxygens (including phenoxy) is 1. The van der Waals surface area contributed by atoms with Crippen LogP contribution in [0.4, 0.5) is 5.69 Å². The summed E-state index contributed by atoms with van der Waals surface area (Å²) in [4.78, 5) is 15.6. The summed E-state index contributed by atoms with van der Waals surface area (Å²) in [6.07, 6.45) is 0. The number of anilines is 1. The van der Waals surface area contributed by atoms with Crippen LogP contribution in [0.3, 0.4) is 0 Å². The lowest BCUT2D eigenvalue weighted by Gasteiger charge is -2.14. The fourth-order valence-electron chi connectivity index (χ4n) is 1.74. The Morgan fingerprint density at radius 2 is 2.14 bits per heavy atom. The third-order valence-electron chi connectivity index (χ3n) is 2.93. The molecular weight excluding hydrogens is 320 g/mol. The minimum atomic E-state index is -0.159. The van der Waals surface area contributed by atoms with Gasteiger partial charge in [-0.3, -0.25) is 4.79 Å². The lowest BCUT2D eigenvalue weighted by Crippen LogP contribution is -2.11. The Balaban J connectivity index is 2.01. The summed E-state index contributed by atoms with van der Waals surface area (Å²) in [5, 5.41) is 6.09. The number of nitrogens with zero attached hydrogens (tertiary/aromatic N) is 1. The van der Waals surface area contributed by atoms with Crippen molar-refractivity contribution < 1.29 is 9.53 Å². The molecule has 0 bridgehead atoms. The van der Waals surface area contributed by atoms with Gasteiger partial charge in [-0.25, -0.2) is 4.98 Å². The zero-order chi connectivity index (χ0) is 16.3. The van der Waals surface area contributed by atoms with Crippen LogP contribution in [0.15, 0.2) is 23.6 Å². The van der Waals surface area contributed by atoms with Crippen molar-refractivity contribution in [3.63, 3.8) is 0 Å². The Bertz CT molecular complexity index is 677. The first-order chi connectivity index (χ1) is 10.3. The standard InChI is InChI=1S/C16H19ClN2O2S/c1-10(20)18-13-6-5-11(7-12(13)17)21-8-15-19-14(9-22-15)16(2,3)4/h5-7,9H,8H2,1-4H3,(H,18,20). The number of hydrogen-bond acceptors (Lipinski definition) is 4. The molecule has 0 radical (unpaired) electrons. The van der Waals surface area contributed by atoms with Gasteiger partial charge in [0.25, 0.3) is 0 Å². The van der Waals surface area contributed by atoms with E-state index in [1.807, 2.05) is 0 Å². The van der Waals surface area contributed by atoms with E-state index in [2.05, 4.69) is 36.5 Å². The topological polar surface area (TPSA) is 51.2 Å². The number of thiazole rings is 1. The van der Waals surface area contributed by atoms with E-state index < -0.39 is 0 Å². The highest BCUT2D eigenvalue weighted by molar-refractivity contribution is 7.09. The molecule has 2 aromatic rings. The van der Waals surface area contributed by atoms with Crippen molar-refractivity contribution in [3.8, 4) is 5.75 Å². The molecule has 0 saturated heterocycles. The average molecular weight is 339 g/mol. The molecule has 1 amide bonds. The van der Waals surface area contributed by atoms with Gasteiger partial charge >= 0.3 is 0 Å². The number of nitrogens with one attached hydrogen (secondary N) is 1. The Labute approximate surface area is 139 Å². The molecule has 22 heavy (non-hydrogen) atoms. The highest BCUT2D eigenvalue weighted by Gasteiger charge is 2.17. The minimum Gasteiger partial charge on any atom is -0.486 e. The monoisotopic (exact) mass is 338 g/mol. The van der Waals surface area contributed by atoms with Crippen molar-refractivity contribution in [1.29, 1.82) is 0 Å². The first-order valence-corrected chi connectivity index (χ1v) is 8.16. The predicted molar refractivity (Wildman–Crippen MR) is 90.9 cm³/mol. The van der Waals surface area contributed by atoms with Gasteiger partial charge in [0.15, 0.2) is 0 Å². The Hall–Kier alpha value is -1.59. The summed E-state index contributed by atoms with van der Waals surface area (Å²) >= 11 is 7.70. The molecule has 0 spiro atoms. The molecule has 0 unspecified atom stereocenters. The number of hydrogen-bond donors (Lipinski definition) is 1. The molecule has 1 heterocycles. The molecule has 0 fully saturated rings. The summed E-state index contributed by atoms with van der Waals surface area (Å²) in [5.41, 5.74) is 1.68. The lowest BCUT2D eigenvalue weighted by atomic mass is 9.93. The van der Waals surface area contributed by atoms with Gasteiger partial charge in [0, 0.05) is 23.8 Å². The summed E-state index contributed by atoms with van der Waals surface area (Å²) in [7, 11) is 0. The van der Waals surface area contributed by atoms with Crippen LogP contribution in [0.1, 0.15) is 38.4 Å². The van der Waals surface area contributed by atoms with E-state index in [9.17, 15) is 4.79 Å². The van der Waals surface area contributed by atoms with Gasteiger partial charge < -0.3 is 10.1 Å². The number of rotatable bonds is 4. The van der Waals surface area contributed by atoms with Crippen LogP contribution < -0.4 is 10.1 Å². The van der Waals surface area contributed by atoms with Gasteiger partial charge in [0.05, 0.1) is 16.4 Å². The van der Waals surface area contributed by atoms with Gasteiger partial charge in [-0.05, 0) is 12.1 Å². The third-order valence-corrected chi connectivity index (χ3v) is 4.07. The number of amides is 1. The van der Waals surface area contributed by atoms with Crippen molar-refractivity contribution in [2.75, 3.05) is 5.32 Å². The Morgan fingerprint density at radius 3 is 2.68 bits per heavy atom. The molecule has 6 heteroatoms. The maximum absolute atomic E-state index is 11.0. The van der Waals surface area contributed by atoms with Crippen LogP contribution in [-0.2, 0) is 16.8 Å². The minimum absolute atomic E-state index is 0.0397. The fourth-order valence-corrected chi connectivity index (χ4v) is 2.89. The third kappa shape index (κ3) is 4.45. The smallest absolute Gasteiger partial charge is 0.221 e. The number of halogens is 1. The van der Waals surface area contributed by atoms with Gasteiger partial charge in [-0.2, -0.15) is 0 Å². The lowest BCUT2D eigenvalue weighted by molar-refractivity contribution is -0.114. The van der Waals surface area contributed by atoms with Crippen molar-refractivity contribution in [3.05, 3.63) is 39.3 Å². The maximum atomic E-state index is 11.0. The van der Waals surface area contributed by atoms with Crippen molar-refractivity contribution >= 4 is 34.5 Å². The van der Waals surface area contributed by atoms with Gasteiger partial charge in [0.1, 0.15) is 17.4 Å². The van der Waals surface area contributed by atoms with Crippen LogP contribution in [0.5, 0.6) is 5.75 Å². The number of aromatic nitrogens is 1. The van der Waals surface area contributed by atoms with Gasteiger partial charge in [0.2, 0.25) is 5.91 Å². The molecule has 0 aliphatic carbocycles. The van der Waals surface area contributed by atoms with E-state index in [1.165, 1.54) is 6.92 Å². The molecular formula is C16H19ClN2O2S. The van der Waals surface area contributed by atoms with Gasteiger partial charge in [-0.1, -0.05) is 32.4 Å². The molecule has 0 aliphatic rings. The second-order valence-corrected chi connectivity index (χ2v) is 7.34. The SMILES string of the molecule is CC(=O)Nc1ccc(OCc2nc(C(C)(C)C)cs2)cc1Cl. The zero-order valence-electron chi connectivity index (χ0n) is 13.1. The number of carbonyl (C=O) groups excluding carboxylic acids is 1. The average Bonchev–Trinajstić information content (AvgIpc) is 2.87. The van der Waals surface area contributed by atoms with Crippen LogP contribution in [0.25, 0.3) is 0 Å². The van der Waals surface area contributed by atoms with Crippen LogP contribution in [0.2, 0.25) is 5.02 Å². The largest absolute Gasteiger partial charge is 0.486 e. The van der Waals surface area contributed by atoms with E-state index >= 15 is 0 Å². The van der Waals surface area contributed by atoms with Crippen LogP contribution >= 0.6 is 22.9 Å². The van der Waals surface area contributed by atoms with E-state index in [-0.39, 0.29) is 11.3 Å². The first-order valence-electron chi connectivity index (χ1n) is 6.90. The molecule has 4 nitrogen and oxygen atoms in total. The molecule has 0 atom stereocenters. The van der Waals surface area contributed by atoms with Crippen LogP contribution in [-0.4, -0.2) is 10.9 Å². The second-order valence-electron chi connectivity index (χ2n) is 5.99. The second kappa shape index (κ2) is 6.67. The predicted octanol–water partition coefficient (Wildman–Crippen LogP) is 4.63. The maximum Gasteiger partial charge on any atom is 0.221 e. The molecule has 1 aromatic carbocycles. The highest BCUT2D eigenvalue weighted by atomic mass is 35.5. The normalized spacial score (nSPS) is 11.3. The summed E-state index contributed by atoms with van der Waals surface area (Å²) in [5.74, 6) is 0.486. The summed E-state index contributed by atoms with van der Waals surface area (Å²) in [6, 6.07) is 5.18. The number of benzene rings is 1. The van der Waals surface area contributed by atoms with Crippen molar-refractivity contribution in [2.45, 2.75) is 39.7 Å². The summed E-state index contributed by atoms with van der Waals surface area (Å²) < 4.78 is 5.71. The molecule has 1 aromatic heterocycles. The Kier molecular flexibility index (Phi) is 5.08. The fraction of sp³-hybridized carbons (Fsp3) is 0.375. The van der Waals surface area contributed by atoms with E-state index in [4.69, 9.17) is 16.3 Å². The molecule has 118 valence electrons. The van der Waals surface area contributed by atoms with Crippen molar-refractivity contribution in [2.24, 2.45) is 0 Å². The Morgan fingerprint density at radius 1 is 1.41 bits per heavy atom. The quantitative estimate of drug-likeness (QED) is 0.884. The van der Waals surface area contributed by atoms with E-state index in [0.717, 1.165) is 10.7 Å². The van der Waals surface area contributed by atoms with Crippen LogP contribution in [0, 0.1) is 0 Å². The van der Waals surface area contributed by atoms with Crippen molar-refractivity contribution in [1.82, 2.24) is 4.98 Å². The first kappa shape index (κ1) is 16.8. The summed E-state index contributed by atoms with van der Waals surface area (Å²) in [6.45, 7) is 8.24. The molecule has 1 N–H and O–H groups in total. The zero-order valence-corrected chi connectivity index (χ0v) is 14.6. The number of carbonyl (C=O) groups is 1.